The number of hydrogen-bond acceptors (Lipinski definition) is 0. The van der Waals surface area contributed by atoms with E-state index in [0.717, 1.165) is 6.82 Å². The van der Waals surface area contributed by atoms with Crippen LogP contribution in [0.15, 0.2) is 103 Å². The summed E-state index contributed by atoms with van der Waals surface area (Å²) in [5.74, 6) is 0. The largest absolute Gasteiger partial charge is 0.535 e. The van der Waals surface area contributed by atoms with E-state index in [2.05, 4.69) is 115 Å². The van der Waals surface area contributed by atoms with Crippen LogP contribution in [0.4, 0.5) is 8.63 Å². The molecule has 0 amide bonds. The van der Waals surface area contributed by atoms with Gasteiger partial charge in [0.25, 0.3) is 0 Å². The summed E-state index contributed by atoms with van der Waals surface area (Å²) in [6, 6.07) is 36.3. The van der Waals surface area contributed by atoms with Gasteiger partial charge in [0.15, 0.2) is 0 Å². The van der Waals surface area contributed by atoms with Gasteiger partial charge in [0.1, 0.15) is 7.05 Å². The third-order valence-corrected chi connectivity index (χ3v) is 4.55. The molecular formula is C27H29BF2N+. The van der Waals surface area contributed by atoms with Gasteiger partial charge in [-0.2, -0.15) is 4.57 Å². The van der Waals surface area contributed by atoms with Gasteiger partial charge in [-0.15, -0.1) is 0 Å². The molecule has 3 aromatic carbocycles. The van der Waals surface area contributed by atoms with Gasteiger partial charge in [0, 0.05) is 23.3 Å². The van der Waals surface area contributed by atoms with Gasteiger partial charge in [-0.3, -0.25) is 8.63 Å². The number of hydrogen-bond donors (Lipinski definition) is 0. The molecule has 0 spiro atoms. The number of aromatic nitrogens is 1. The third kappa shape index (κ3) is 6.89. The summed E-state index contributed by atoms with van der Waals surface area (Å²) in [7, 11) is -0.0283. The van der Waals surface area contributed by atoms with Crippen molar-refractivity contribution in [3.8, 4) is 33.6 Å². The van der Waals surface area contributed by atoms with Gasteiger partial charge < -0.3 is 0 Å². The first kappa shape index (κ1) is 24.0. The van der Waals surface area contributed by atoms with E-state index in [4.69, 9.17) is 0 Å². The third-order valence-electron chi connectivity index (χ3n) is 4.55. The lowest BCUT2D eigenvalue weighted by atomic mass is 9.99. The molecule has 0 saturated carbocycles. The molecule has 4 aromatic rings. The highest BCUT2D eigenvalue weighted by Crippen LogP contribution is 2.28. The van der Waals surface area contributed by atoms with Crippen molar-refractivity contribution in [1.82, 2.24) is 0 Å². The molecule has 0 bridgehead atoms. The Balaban J connectivity index is 0.000000513. The van der Waals surface area contributed by atoms with Crippen LogP contribution in [0.5, 0.6) is 0 Å². The van der Waals surface area contributed by atoms with E-state index >= 15 is 0 Å². The number of nitrogens with zero attached hydrogens (tertiary/aromatic N) is 1. The van der Waals surface area contributed by atoms with Crippen LogP contribution < -0.4 is 4.57 Å². The van der Waals surface area contributed by atoms with Gasteiger partial charge in [-0.05, 0) is 42.2 Å². The van der Waals surface area contributed by atoms with Crippen molar-refractivity contribution >= 4 is 7.27 Å². The van der Waals surface area contributed by atoms with Crippen molar-refractivity contribution in [3.63, 3.8) is 0 Å². The Labute approximate surface area is 185 Å². The lowest BCUT2D eigenvalue weighted by molar-refractivity contribution is -0.649. The van der Waals surface area contributed by atoms with Gasteiger partial charge >= 0.3 is 7.27 Å². The molecule has 0 aliphatic heterocycles. The van der Waals surface area contributed by atoms with Gasteiger partial charge in [0.05, 0.1) is 0 Å². The van der Waals surface area contributed by atoms with Crippen molar-refractivity contribution in [2.75, 3.05) is 0 Å². The zero-order valence-corrected chi connectivity index (χ0v) is 18.6. The molecule has 0 unspecified atom stereocenters. The van der Waals surface area contributed by atoms with Gasteiger partial charge in [-0.1, -0.05) is 80.6 Å². The Morgan fingerprint density at radius 1 is 0.548 bits per heavy atom. The Morgan fingerprint density at radius 2 is 0.839 bits per heavy atom. The SMILES string of the molecule is CB(F)F.CC.C[n+]1c(-c2ccccc2)cc(-c2ccccc2)cc1-c1ccccc1. The first-order chi connectivity index (χ1) is 15.1. The maximum atomic E-state index is 10.3. The molecule has 0 fully saturated rings. The molecule has 0 atom stereocenters. The fraction of sp³-hybridized carbons (Fsp3) is 0.148. The van der Waals surface area contributed by atoms with Gasteiger partial charge in [-0.25, -0.2) is 0 Å². The maximum absolute atomic E-state index is 10.3. The molecule has 4 rings (SSSR count). The second-order valence-corrected chi connectivity index (χ2v) is 6.69. The second kappa shape index (κ2) is 12.4. The number of rotatable bonds is 3. The zero-order chi connectivity index (χ0) is 22.6. The van der Waals surface area contributed by atoms with Crippen molar-refractivity contribution in [2.24, 2.45) is 7.05 Å². The van der Waals surface area contributed by atoms with Crippen molar-refractivity contribution in [1.29, 1.82) is 0 Å². The smallest absolute Gasteiger partial charge is 0.287 e. The Bertz CT molecular complexity index is 973. The molecule has 31 heavy (non-hydrogen) atoms. The summed E-state index contributed by atoms with van der Waals surface area (Å²) >= 11 is 0. The van der Waals surface area contributed by atoms with E-state index in [1.807, 2.05) is 13.8 Å². The molecule has 1 aromatic heterocycles. The Kier molecular flexibility index (Phi) is 9.63. The summed E-state index contributed by atoms with van der Waals surface area (Å²) in [6.45, 7) is 4.83. The Hall–Kier alpha value is -3.27. The van der Waals surface area contributed by atoms with E-state index in [1.54, 1.807) is 0 Å². The monoisotopic (exact) mass is 416 g/mol. The van der Waals surface area contributed by atoms with E-state index in [9.17, 15) is 8.63 Å². The number of pyridine rings is 1. The first-order valence-electron chi connectivity index (χ1n) is 10.5. The molecule has 0 aliphatic rings. The van der Waals surface area contributed by atoms with Crippen LogP contribution in [0, 0.1) is 0 Å². The highest BCUT2D eigenvalue weighted by molar-refractivity contribution is 6.40. The molecule has 0 N–H and O–H groups in total. The minimum Gasteiger partial charge on any atom is -0.287 e. The fourth-order valence-electron chi connectivity index (χ4n) is 3.23. The zero-order valence-electron chi connectivity index (χ0n) is 18.6. The van der Waals surface area contributed by atoms with Crippen LogP contribution in [0.2, 0.25) is 6.82 Å². The molecule has 4 heteroatoms. The minimum atomic E-state index is -2.17. The molecule has 0 saturated heterocycles. The molecule has 1 heterocycles. The summed E-state index contributed by atoms with van der Waals surface area (Å²) < 4.78 is 22.9. The molecular weight excluding hydrogens is 387 g/mol. The van der Waals surface area contributed by atoms with Gasteiger partial charge in [0.2, 0.25) is 11.4 Å². The van der Waals surface area contributed by atoms with E-state index in [1.165, 1.54) is 33.6 Å². The number of halogens is 2. The molecule has 0 aliphatic carbocycles. The second-order valence-electron chi connectivity index (χ2n) is 6.69. The lowest BCUT2D eigenvalue weighted by Crippen LogP contribution is -2.34. The van der Waals surface area contributed by atoms with Crippen LogP contribution in [0.3, 0.4) is 0 Å². The summed E-state index contributed by atoms with van der Waals surface area (Å²) in [6.07, 6.45) is 0. The van der Waals surface area contributed by atoms with E-state index < -0.39 is 7.27 Å². The standard InChI is InChI=1S/C24H20N.C2H6.CH3BF2/c1-25-23(20-13-7-3-8-14-20)17-22(19-11-5-2-6-12-19)18-24(25)21-15-9-4-10-16-21;1-2;1-2(3)4/h2-18H,1H3;1-2H3;1H3/q+1;;. The number of benzene rings is 3. The maximum Gasteiger partial charge on any atom is 0.535 e. The molecule has 1 nitrogen and oxygen atoms in total. The van der Waals surface area contributed by atoms with Crippen molar-refractivity contribution < 1.29 is 13.2 Å². The van der Waals surface area contributed by atoms with Crippen LogP contribution in [-0.2, 0) is 7.05 Å². The summed E-state index contributed by atoms with van der Waals surface area (Å²) in [4.78, 5) is 0. The quantitative estimate of drug-likeness (QED) is 0.239. The predicted molar refractivity (Wildman–Crippen MR) is 129 cm³/mol. The Morgan fingerprint density at radius 3 is 1.16 bits per heavy atom. The predicted octanol–water partition coefficient (Wildman–Crippen LogP) is 7.58. The first-order valence-corrected chi connectivity index (χ1v) is 10.5. The average Bonchev–Trinajstić information content (AvgIpc) is 2.82. The van der Waals surface area contributed by atoms with E-state index in [0.29, 0.717) is 0 Å². The average molecular weight is 416 g/mol. The molecule has 158 valence electrons. The van der Waals surface area contributed by atoms with Crippen LogP contribution in [0.25, 0.3) is 33.6 Å². The van der Waals surface area contributed by atoms with Crippen LogP contribution >= 0.6 is 0 Å². The minimum absolute atomic E-state index is 0.833. The van der Waals surface area contributed by atoms with E-state index in [-0.39, 0.29) is 0 Å². The van der Waals surface area contributed by atoms with Crippen molar-refractivity contribution in [3.05, 3.63) is 103 Å². The molecule has 0 radical (unpaired) electrons. The topological polar surface area (TPSA) is 3.88 Å². The normalized spacial score (nSPS) is 9.61. The summed E-state index contributed by atoms with van der Waals surface area (Å²) in [5.41, 5.74) is 7.33. The van der Waals surface area contributed by atoms with Crippen molar-refractivity contribution in [2.45, 2.75) is 20.7 Å². The highest BCUT2D eigenvalue weighted by Gasteiger charge is 2.19. The van der Waals surface area contributed by atoms with Crippen LogP contribution in [0.1, 0.15) is 13.8 Å². The highest BCUT2D eigenvalue weighted by atomic mass is 19.2. The fourth-order valence-corrected chi connectivity index (χ4v) is 3.23. The lowest BCUT2D eigenvalue weighted by Gasteiger charge is -2.10. The summed E-state index contributed by atoms with van der Waals surface area (Å²) in [5, 5.41) is 0. The van der Waals surface area contributed by atoms with Crippen LogP contribution in [-0.4, -0.2) is 7.27 Å².